The highest BCUT2D eigenvalue weighted by molar-refractivity contribution is 8.04. The molecular weight excluding hydrogens is 334 g/mol. The molecule has 1 aliphatic rings. The Morgan fingerprint density at radius 1 is 1.16 bits per heavy atom. The first-order valence-electron chi connectivity index (χ1n) is 8.79. The maximum Gasteiger partial charge on any atom is 0.267 e. The van der Waals surface area contributed by atoms with Crippen molar-refractivity contribution < 1.29 is 14.3 Å². The van der Waals surface area contributed by atoms with Gasteiger partial charge in [-0.3, -0.25) is 14.5 Å². The summed E-state index contributed by atoms with van der Waals surface area (Å²) in [7, 11) is 0. The molecule has 0 atom stereocenters. The second-order valence-electron chi connectivity index (χ2n) is 6.50. The van der Waals surface area contributed by atoms with E-state index >= 15 is 0 Å². The smallest absolute Gasteiger partial charge is 0.267 e. The van der Waals surface area contributed by atoms with Crippen LogP contribution in [-0.2, 0) is 14.3 Å². The number of thioether (sulfide) groups is 1. The molecule has 0 saturated heterocycles. The van der Waals surface area contributed by atoms with Gasteiger partial charge in [-0.1, -0.05) is 37.6 Å². The molecule has 4 nitrogen and oxygen atoms in total. The lowest BCUT2D eigenvalue weighted by Gasteiger charge is -2.15. The summed E-state index contributed by atoms with van der Waals surface area (Å²) in [5.74, 6) is -0.355. The summed E-state index contributed by atoms with van der Waals surface area (Å²) < 4.78 is 5.33. The first-order chi connectivity index (χ1) is 11.9. The molecule has 5 heteroatoms. The SMILES string of the molecule is CCOCCCN1C(=O)C(SC(C)C)=C(c2ccc(C)cc2C)C1=O. The van der Waals surface area contributed by atoms with Crippen LogP contribution in [0.25, 0.3) is 5.57 Å². The van der Waals surface area contributed by atoms with Crippen LogP contribution < -0.4 is 0 Å². The predicted octanol–water partition coefficient (Wildman–Crippen LogP) is 3.95. The van der Waals surface area contributed by atoms with Gasteiger partial charge in [0.15, 0.2) is 0 Å². The minimum atomic E-state index is -0.184. The summed E-state index contributed by atoms with van der Waals surface area (Å²) in [6.45, 7) is 11.6. The van der Waals surface area contributed by atoms with Gasteiger partial charge < -0.3 is 4.74 Å². The van der Waals surface area contributed by atoms with E-state index in [1.807, 2.05) is 46.8 Å². The van der Waals surface area contributed by atoms with E-state index in [4.69, 9.17) is 4.74 Å². The van der Waals surface area contributed by atoms with Crippen LogP contribution in [0.15, 0.2) is 23.1 Å². The van der Waals surface area contributed by atoms with Crippen molar-refractivity contribution in [3.8, 4) is 0 Å². The number of hydrogen-bond donors (Lipinski definition) is 0. The third-order valence-electron chi connectivity index (χ3n) is 4.00. The maximum absolute atomic E-state index is 13.0. The predicted molar refractivity (Wildman–Crippen MR) is 103 cm³/mol. The number of hydrogen-bond acceptors (Lipinski definition) is 4. The average molecular weight is 362 g/mol. The van der Waals surface area contributed by atoms with Crippen LogP contribution in [0.3, 0.4) is 0 Å². The number of ether oxygens (including phenoxy) is 1. The zero-order chi connectivity index (χ0) is 18.6. The molecule has 1 aromatic carbocycles. The minimum Gasteiger partial charge on any atom is -0.382 e. The summed E-state index contributed by atoms with van der Waals surface area (Å²) >= 11 is 1.47. The van der Waals surface area contributed by atoms with Crippen molar-refractivity contribution in [3.63, 3.8) is 0 Å². The first-order valence-corrected chi connectivity index (χ1v) is 9.67. The van der Waals surface area contributed by atoms with Gasteiger partial charge in [0.05, 0.1) is 10.5 Å². The maximum atomic E-state index is 13.0. The van der Waals surface area contributed by atoms with Gasteiger partial charge in [0, 0.05) is 25.0 Å². The van der Waals surface area contributed by atoms with E-state index in [0.29, 0.717) is 36.7 Å². The fraction of sp³-hybridized carbons (Fsp3) is 0.500. The summed E-state index contributed by atoms with van der Waals surface area (Å²) in [6, 6.07) is 5.99. The molecule has 0 saturated carbocycles. The van der Waals surface area contributed by atoms with Crippen LogP contribution in [0.2, 0.25) is 0 Å². The van der Waals surface area contributed by atoms with Crippen molar-refractivity contribution in [3.05, 3.63) is 39.8 Å². The van der Waals surface area contributed by atoms with Gasteiger partial charge in [0.25, 0.3) is 11.8 Å². The van der Waals surface area contributed by atoms with E-state index in [1.165, 1.54) is 16.7 Å². The third kappa shape index (κ3) is 4.53. The summed E-state index contributed by atoms with van der Waals surface area (Å²) in [4.78, 5) is 27.8. The molecule has 0 N–H and O–H groups in total. The molecule has 2 amide bonds. The Hall–Kier alpha value is -1.59. The minimum absolute atomic E-state index is 0.171. The molecule has 1 aromatic rings. The fourth-order valence-electron chi connectivity index (χ4n) is 2.90. The van der Waals surface area contributed by atoms with Crippen LogP contribution in [-0.4, -0.2) is 41.7 Å². The normalized spacial score (nSPS) is 15.0. The van der Waals surface area contributed by atoms with Crippen molar-refractivity contribution in [2.75, 3.05) is 19.8 Å². The van der Waals surface area contributed by atoms with Crippen molar-refractivity contribution in [1.29, 1.82) is 0 Å². The lowest BCUT2D eigenvalue weighted by molar-refractivity contribution is -0.136. The van der Waals surface area contributed by atoms with Crippen LogP contribution in [0, 0.1) is 13.8 Å². The summed E-state index contributed by atoms with van der Waals surface area (Å²) in [5, 5.41) is 0.232. The van der Waals surface area contributed by atoms with E-state index in [-0.39, 0.29) is 17.1 Å². The van der Waals surface area contributed by atoms with Gasteiger partial charge >= 0.3 is 0 Å². The Labute approximate surface area is 154 Å². The fourth-order valence-corrected chi connectivity index (χ4v) is 3.90. The van der Waals surface area contributed by atoms with E-state index in [0.717, 1.165) is 16.7 Å². The Morgan fingerprint density at radius 2 is 1.88 bits per heavy atom. The number of rotatable bonds is 8. The van der Waals surface area contributed by atoms with Crippen molar-refractivity contribution in [2.45, 2.75) is 46.3 Å². The Bertz CT molecular complexity index is 694. The molecule has 0 radical (unpaired) electrons. The molecule has 1 aliphatic heterocycles. The van der Waals surface area contributed by atoms with E-state index < -0.39 is 0 Å². The Balaban J connectivity index is 2.35. The van der Waals surface area contributed by atoms with Crippen LogP contribution in [0.4, 0.5) is 0 Å². The van der Waals surface area contributed by atoms with Crippen molar-refractivity contribution in [1.82, 2.24) is 4.90 Å². The number of aryl methyl sites for hydroxylation is 2. The van der Waals surface area contributed by atoms with Gasteiger partial charge in [-0.05, 0) is 38.3 Å². The quantitative estimate of drug-likeness (QED) is 0.519. The number of benzene rings is 1. The van der Waals surface area contributed by atoms with Gasteiger partial charge in [-0.25, -0.2) is 0 Å². The second-order valence-corrected chi connectivity index (χ2v) is 8.09. The van der Waals surface area contributed by atoms with E-state index in [1.54, 1.807) is 0 Å². The van der Waals surface area contributed by atoms with Crippen LogP contribution in [0.1, 0.15) is 43.9 Å². The summed E-state index contributed by atoms with van der Waals surface area (Å²) in [6.07, 6.45) is 0.658. The second kappa shape index (κ2) is 8.68. The highest BCUT2D eigenvalue weighted by Crippen LogP contribution is 2.39. The molecule has 2 rings (SSSR count). The van der Waals surface area contributed by atoms with Crippen LogP contribution in [0.5, 0.6) is 0 Å². The largest absolute Gasteiger partial charge is 0.382 e. The molecule has 0 aliphatic carbocycles. The monoisotopic (exact) mass is 361 g/mol. The van der Waals surface area contributed by atoms with E-state index in [9.17, 15) is 9.59 Å². The third-order valence-corrected chi connectivity index (χ3v) is 5.09. The molecule has 0 spiro atoms. The number of imide groups is 1. The molecular formula is C20H27NO3S. The molecule has 0 bridgehead atoms. The zero-order valence-electron chi connectivity index (χ0n) is 15.7. The lowest BCUT2D eigenvalue weighted by Crippen LogP contribution is -2.33. The Kier molecular flexibility index (Phi) is 6.85. The highest BCUT2D eigenvalue weighted by atomic mass is 32.2. The van der Waals surface area contributed by atoms with Crippen molar-refractivity contribution >= 4 is 29.1 Å². The van der Waals surface area contributed by atoms with Gasteiger partial charge in [0.2, 0.25) is 0 Å². The van der Waals surface area contributed by atoms with Gasteiger partial charge in [-0.15, -0.1) is 11.8 Å². The molecule has 0 fully saturated rings. The average Bonchev–Trinajstić information content (AvgIpc) is 2.75. The van der Waals surface area contributed by atoms with Crippen LogP contribution >= 0.6 is 11.8 Å². The molecule has 1 heterocycles. The summed E-state index contributed by atoms with van der Waals surface area (Å²) in [5.41, 5.74) is 3.58. The molecule has 0 aromatic heterocycles. The van der Waals surface area contributed by atoms with Gasteiger partial charge in [-0.2, -0.15) is 0 Å². The zero-order valence-corrected chi connectivity index (χ0v) is 16.5. The lowest BCUT2D eigenvalue weighted by atomic mass is 9.99. The van der Waals surface area contributed by atoms with Gasteiger partial charge in [0.1, 0.15) is 0 Å². The Morgan fingerprint density at radius 3 is 2.48 bits per heavy atom. The topological polar surface area (TPSA) is 46.6 Å². The highest BCUT2D eigenvalue weighted by Gasteiger charge is 2.39. The standard InChI is InChI=1S/C20H27NO3S/c1-6-24-11-7-10-21-19(22)17(18(20(21)23)25-13(2)3)16-9-8-14(4)12-15(16)5/h8-9,12-13H,6-7,10-11H2,1-5H3. The number of carbonyl (C=O) groups is 2. The molecule has 0 unspecified atom stereocenters. The van der Waals surface area contributed by atoms with Crippen molar-refractivity contribution in [2.24, 2.45) is 0 Å². The number of carbonyl (C=O) groups excluding carboxylic acids is 2. The molecule has 136 valence electrons. The van der Waals surface area contributed by atoms with E-state index in [2.05, 4.69) is 6.07 Å². The number of nitrogens with zero attached hydrogens (tertiary/aromatic N) is 1. The number of amides is 2. The molecule has 25 heavy (non-hydrogen) atoms. The first kappa shape index (κ1) is 19.7.